The van der Waals surface area contributed by atoms with Crippen molar-refractivity contribution in [3.05, 3.63) is 34.9 Å². The van der Waals surface area contributed by atoms with Gasteiger partial charge >= 0.3 is 0 Å². The van der Waals surface area contributed by atoms with Crippen molar-refractivity contribution < 1.29 is 4.79 Å². The minimum absolute atomic E-state index is 0.190. The van der Waals surface area contributed by atoms with E-state index in [1.165, 1.54) is 12.8 Å². The fourth-order valence-corrected chi connectivity index (χ4v) is 3.35. The summed E-state index contributed by atoms with van der Waals surface area (Å²) in [5, 5.41) is 5.94. The molecule has 0 radical (unpaired) electrons. The number of nitrogens with one attached hydrogen (secondary N) is 1. The molecule has 0 unspecified atom stereocenters. The van der Waals surface area contributed by atoms with Crippen molar-refractivity contribution in [1.82, 2.24) is 20.3 Å². The number of anilines is 1. The summed E-state index contributed by atoms with van der Waals surface area (Å²) < 4.78 is 0. The summed E-state index contributed by atoms with van der Waals surface area (Å²) in [6.07, 6.45) is 4.10. The largest absolute Gasteiger partial charge is 0.348 e. The Balaban J connectivity index is 1.59. The molecule has 1 amide bonds. The minimum atomic E-state index is -0.190. The summed E-state index contributed by atoms with van der Waals surface area (Å²) in [4.78, 5) is 27.6. The molecule has 7 heteroatoms. The zero-order chi connectivity index (χ0) is 16.2. The molecule has 0 aromatic carbocycles. The molecule has 1 saturated heterocycles. The average molecular weight is 331 g/mol. The van der Waals surface area contributed by atoms with Gasteiger partial charge in [-0.3, -0.25) is 4.79 Å². The van der Waals surface area contributed by atoms with E-state index in [1.807, 2.05) is 19.2 Å². The molecule has 1 aliphatic heterocycles. The standard InChI is InChI=1S/C16H21N5OS/c1-11(2)14-17-6-5-13(20-14)15(22)18-9-12-10-23-16(19-12)21-7-3-4-8-21/h5-6,10-11H,3-4,7-9H2,1-2H3,(H,18,22). The van der Waals surface area contributed by atoms with Crippen LogP contribution in [0.5, 0.6) is 0 Å². The Bertz CT molecular complexity index is 679. The Morgan fingerprint density at radius 1 is 1.35 bits per heavy atom. The number of aromatic nitrogens is 3. The molecule has 1 N–H and O–H groups in total. The summed E-state index contributed by atoms with van der Waals surface area (Å²) in [5.74, 6) is 0.692. The second-order valence-corrected chi connectivity index (χ2v) is 6.79. The van der Waals surface area contributed by atoms with Crippen molar-refractivity contribution in [2.24, 2.45) is 0 Å². The first-order valence-electron chi connectivity index (χ1n) is 7.94. The number of amides is 1. The highest BCUT2D eigenvalue weighted by atomic mass is 32.1. The Morgan fingerprint density at radius 2 is 2.13 bits per heavy atom. The number of hydrogen-bond acceptors (Lipinski definition) is 6. The third kappa shape index (κ3) is 3.85. The second-order valence-electron chi connectivity index (χ2n) is 5.95. The Kier molecular flexibility index (Phi) is 4.85. The smallest absolute Gasteiger partial charge is 0.270 e. The maximum Gasteiger partial charge on any atom is 0.270 e. The van der Waals surface area contributed by atoms with Gasteiger partial charge in [0.25, 0.3) is 5.91 Å². The van der Waals surface area contributed by atoms with Crippen LogP contribution in [0, 0.1) is 0 Å². The van der Waals surface area contributed by atoms with Crippen LogP contribution in [-0.2, 0) is 6.54 Å². The number of carbonyl (C=O) groups is 1. The van der Waals surface area contributed by atoms with Crippen LogP contribution in [0.4, 0.5) is 5.13 Å². The van der Waals surface area contributed by atoms with Gasteiger partial charge in [0.05, 0.1) is 12.2 Å². The summed E-state index contributed by atoms with van der Waals surface area (Å²) in [7, 11) is 0. The molecule has 0 atom stereocenters. The molecule has 1 aliphatic rings. The van der Waals surface area contributed by atoms with Crippen LogP contribution in [0.15, 0.2) is 17.6 Å². The summed E-state index contributed by atoms with van der Waals surface area (Å²) in [5.41, 5.74) is 1.29. The SMILES string of the molecule is CC(C)c1nccc(C(=O)NCc2csc(N3CCCC3)n2)n1. The quantitative estimate of drug-likeness (QED) is 0.912. The van der Waals surface area contributed by atoms with Crippen LogP contribution in [-0.4, -0.2) is 33.9 Å². The van der Waals surface area contributed by atoms with E-state index in [4.69, 9.17) is 0 Å². The van der Waals surface area contributed by atoms with Crippen molar-refractivity contribution in [3.63, 3.8) is 0 Å². The molecule has 1 fully saturated rings. The summed E-state index contributed by atoms with van der Waals surface area (Å²) in [6.45, 7) is 6.60. The van der Waals surface area contributed by atoms with E-state index in [-0.39, 0.29) is 11.8 Å². The van der Waals surface area contributed by atoms with Crippen LogP contribution in [0.3, 0.4) is 0 Å². The number of rotatable bonds is 5. The van der Waals surface area contributed by atoms with E-state index in [0.29, 0.717) is 18.1 Å². The normalized spacial score (nSPS) is 14.5. The van der Waals surface area contributed by atoms with Crippen molar-refractivity contribution in [3.8, 4) is 0 Å². The third-order valence-electron chi connectivity index (χ3n) is 3.77. The topological polar surface area (TPSA) is 71.0 Å². The molecule has 2 aromatic heterocycles. The maximum absolute atomic E-state index is 12.2. The van der Waals surface area contributed by atoms with Gasteiger partial charge in [-0.15, -0.1) is 11.3 Å². The lowest BCUT2D eigenvalue weighted by atomic mass is 10.2. The first-order valence-corrected chi connectivity index (χ1v) is 8.82. The number of nitrogens with zero attached hydrogens (tertiary/aromatic N) is 4. The Morgan fingerprint density at radius 3 is 2.87 bits per heavy atom. The van der Waals surface area contributed by atoms with E-state index >= 15 is 0 Å². The molecule has 3 rings (SSSR count). The molecule has 0 spiro atoms. The highest BCUT2D eigenvalue weighted by molar-refractivity contribution is 7.13. The van der Waals surface area contributed by atoms with Gasteiger partial charge in [0.2, 0.25) is 0 Å². The lowest BCUT2D eigenvalue weighted by molar-refractivity contribution is 0.0945. The lowest BCUT2D eigenvalue weighted by Crippen LogP contribution is -2.24. The van der Waals surface area contributed by atoms with E-state index in [2.05, 4.69) is 25.2 Å². The second kappa shape index (κ2) is 7.04. The molecule has 0 saturated carbocycles. The van der Waals surface area contributed by atoms with Gasteiger partial charge < -0.3 is 10.2 Å². The van der Waals surface area contributed by atoms with Gasteiger partial charge in [0.1, 0.15) is 11.5 Å². The zero-order valence-corrected chi connectivity index (χ0v) is 14.3. The molecular formula is C16H21N5OS. The molecular weight excluding hydrogens is 310 g/mol. The first-order chi connectivity index (χ1) is 11.1. The number of carbonyl (C=O) groups excluding carboxylic acids is 1. The van der Waals surface area contributed by atoms with E-state index in [0.717, 1.165) is 23.9 Å². The van der Waals surface area contributed by atoms with Crippen LogP contribution < -0.4 is 10.2 Å². The van der Waals surface area contributed by atoms with Gasteiger partial charge in [-0.25, -0.2) is 15.0 Å². The van der Waals surface area contributed by atoms with E-state index in [1.54, 1.807) is 23.6 Å². The predicted molar refractivity (Wildman–Crippen MR) is 90.9 cm³/mol. The van der Waals surface area contributed by atoms with Crippen molar-refractivity contribution >= 4 is 22.4 Å². The van der Waals surface area contributed by atoms with Gasteiger partial charge in [-0.05, 0) is 18.9 Å². The van der Waals surface area contributed by atoms with Crippen LogP contribution >= 0.6 is 11.3 Å². The summed E-state index contributed by atoms with van der Waals surface area (Å²) >= 11 is 1.64. The fourth-order valence-electron chi connectivity index (χ4n) is 2.47. The lowest BCUT2D eigenvalue weighted by Gasteiger charge is -2.12. The minimum Gasteiger partial charge on any atom is -0.348 e. The fraction of sp³-hybridized carbons (Fsp3) is 0.500. The Hall–Kier alpha value is -2.02. The first kappa shape index (κ1) is 15.9. The number of hydrogen-bond donors (Lipinski definition) is 1. The third-order valence-corrected chi connectivity index (χ3v) is 4.72. The van der Waals surface area contributed by atoms with E-state index in [9.17, 15) is 4.79 Å². The predicted octanol–water partition coefficient (Wildman–Crippen LogP) is 2.59. The highest BCUT2D eigenvalue weighted by Gasteiger charge is 2.16. The van der Waals surface area contributed by atoms with Gasteiger partial charge in [-0.1, -0.05) is 13.8 Å². The maximum atomic E-state index is 12.2. The average Bonchev–Trinajstić information content (AvgIpc) is 3.23. The van der Waals surface area contributed by atoms with Gasteiger partial charge in [0.15, 0.2) is 5.13 Å². The molecule has 6 nitrogen and oxygen atoms in total. The highest BCUT2D eigenvalue weighted by Crippen LogP contribution is 2.24. The Labute approximate surface area is 140 Å². The van der Waals surface area contributed by atoms with Gasteiger partial charge in [0, 0.05) is 30.6 Å². The molecule has 122 valence electrons. The van der Waals surface area contributed by atoms with Crippen molar-refractivity contribution in [2.45, 2.75) is 39.2 Å². The molecule has 2 aromatic rings. The number of thiazole rings is 1. The monoisotopic (exact) mass is 331 g/mol. The zero-order valence-electron chi connectivity index (χ0n) is 13.5. The van der Waals surface area contributed by atoms with Crippen molar-refractivity contribution in [1.29, 1.82) is 0 Å². The van der Waals surface area contributed by atoms with Crippen LogP contribution in [0.1, 0.15) is 54.6 Å². The molecule has 23 heavy (non-hydrogen) atoms. The van der Waals surface area contributed by atoms with E-state index < -0.39 is 0 Å². The molecule has 0 bridgehead atoms. The summed E-state index contributed by atoms with van der Waals surface area (Å²) in [6, 6.07) is 1.64. The van der Waals surface area contributed by atoms with Crippen LogP contribution in [0.2, 0.25) is 0 Å². The van der Waals surface area contributed by atoms with Gasteiger partial charge in [-0.2, -0.15) is 0 Å². The molecule has 0 aliphatic carbocycles. The molecule has 3 heterocycles. The van der Waals surface area contributed by atoms with Crippen LogP contribution in [0.25, 0.3) is 0 Å². The van der Waals surface area contributed by atoms with Crippen molar-refractivity contribution in [2.75, 3.05) is 18.0 Å².